The second kappa shape index (κ2) is 6.43. The van der Waals surface area contributed by atoms with Crippen molar-refractivity contribution in [2.45, 2.75) is 31.9 Å². The lowest BCUT2D eigenvalue weighted by Gasteiger charge is -2.20. The van der Waals surface area contributed by atoms with E-state index in [9.17, 15) is 4.79 Å². The van der Waals surface area contributed by atoms with Gasteiger partial charge in [-0.15, -0.1) is 0 Å². The molecular weight excluding hydrogens is 244 g/mol. The number of anilines is 1. The van der Waals surface area contributed by atoms with Crippen molar-refractivity contribution in [2.75, 3.05) is 19.0 Å². The van der Waals surface area contributed by atoms with Crippen LogP contribution in [0.2, 0.25) is 0 Å². The Balaban J connectivity index is 1.89. The van der Waals surface area contributed by atoms with E-state index < -0.39 is 0 Å². The molecule has 2 rings (SSSR count). The Morgan fingerprint density at radius 1 is 1.47 bits per heavy atom. The Hall–Kier alpha value is -1.75. The zero-order valence-electron chi connectivity index (χ0n) is 11.3. The van der Waals surface area contributed by atoms with E-state index in [1.165, 1.54) is 0 Å². The third-order valence-corrected chi connectivity index (χ3v) is 3.24. The van der Waals surface area contributed by atoms with Gasteiger partial charge < -0.3 is 20.1 Å². The first-order valence-corrected chi connectivity index (χ1v) is 6.53. The normalized spacial score (nSPS) is 19.8. The van der Waals surface area contributed by atoms with Gasteiger partial charge in [0.1, 0.15) is 5.75 Å². The minimum absolute atomic E-state index is 0.00259. The Bertz CT molecular complexity index is 430. The van der Waals surface area contributed by atoms with Crippen molar-refractivity contribution < 1.29 is 14.3 Å². The lowest BCUT2D eigenvalue weighted by molar-refractivity contribution is 0.0868. The first-order valence-electron chi connectivity index (χ1n) is 6.53. The number of hydrogen-bond donors (Lipinski definition) is 2. The van der Waals surface area contributed by atoms with E-state index in [1.807, 2.05) is 19.1 Å². The highest BCUT2D eigenvalue weighted by atomic mass is 16.5. The highest BCUT2D eigenvalue weighted by Gasteiger charge is 2.23. The molecule has 0 bridgehead atoms. The molecule has 19 heavy (non-hydrogen) atoms. The molecule has 1 saturated heterocycles. The number of rotatable bonds is 4. The fourth-order valence-corrected chi connectivity index (χ4v) is 2.20. The molecule has 2 N–H and O–H groups in total. The Morgan fingerprint density at radius 3 is 2.95 bits per heavy atom. The second-order valence-corrected chi connectivity index (χ2v) is 4.64. The number of carbonyl (C=O) groups excluding carboxylic acids is 1. The molecule has 1 aromatic carbocycles. The number of benzene rings is 1. The standard InChI is InChI=1S/C14H20N2O3/c1-10(12-8-5-9-19-12)15-14(17)16-11-6-3-4-7-13(11)18-2/h3-4,6-7,10,12H,5,8-9H2,1-2H3,(H2,15,16,17)/t10-,12-/m0/s1. The van der Waals surface area contributed by atoms with Gasteiger partial charge in [0.05, 0.1) is 24.9 Å². The average Bonchev–Trinajstić information content (AvgIpc) is 2.93. The lowest BCUT2D eigenvalue weighted by atomic mass is 10.1. The van der Waals surface area contributed by atoms with Crippen molar-refractivity contribution in [1.82, 2.24) is 5.32 Å². The summed E-state index contributed by atoms with van der Waals surface area (Å²) in [5.41, 5.74) is 0.655. The highest BCUT2D eigenvalue weighted by molar-refractivity contribution is 5.91. The highest BCUT2D eigenvalue weighted by Crippen LogP contribution is 2.23. The van der Waals surface area contributed by atoms with Gasteiger partial charge in [0.15, 0.2) is 0 Å². The van der Waals surface area contributed by atoms with Crippen LogP contribution in [0.15, 0.2) is 24.3 Å². The number of urea groups is 1. The van der Waals surface area contributed by atoms with Gasteiger partial charge in [-0.05, 0) is 31.9 Å². The van der Waals surface area contributed by atoms with Crippen LogP contribution in [0, 0.1) is 0 Å². The number of nitrogens with one attached hydrogen (secondary N) is 2. The summed E-state index contributed by atoms with van der Waals surface area (Å²) in [6.07, 6.45) is 2.17. The molecule has 104 valence electrons. The molecule has 5 nitrogen and oxygen atoms in total. The Kier molecular flexibility index (Phi) is 4.63. The molecule has 0 unspecified atom stereocenters. The maximum absolute atomic E-state index is 11.9. The average molecular weight is 264 g/mol. The molecule has 2 amide bonds. The van der Waals surface area contributed by atoms with Gasteiger partial charge in [-0.25, -0.2) is 4.79 Å². The predicted octanol–water partition coefficient (Wildman–Crippen LogP) is 2.38. The van der Waals surface area contributed by atoms with Crippen LogP contribution >= 0.6 is 0 Å². The monoisotopic (exact) mass is 264 g/mol. The van der Waals surface area contributed by atoms with Crippen molar-refractivity contribution in [3.63, 3.8) is 0 Å². The fraction of sp³-hybridized carbons (Fsp3) is 0.500. The molecule has 0 aromatic heterocycles. The fourth-order valence-electron chi connectivity index (χ4n) is 2.20. The second-order valence-electron chi connectivity index (χ2n) is 4.64. The molecule has 1 aliphatic rings. The van der Waals surface area contributed by atoms with E-state index in [1.54, 1.807) is 19.2 Å². The minimum atomic E-state index is -0.243. The molecule has 2 atom stereocenters. The first-order chi connectivity index (χ1) is 9.20. The van der Waals surface area contributed by atoms with Gasteiger partial charge in [-0.2, -0.15) is 0 Å². The van der Waals surface area contributed by atoms with E-state index in [2.05, 4.69) is 10.6 Å². The van der Waals surface area contributed by atoms with Crippen LogP contribution in [0.25, 0.3) is 0 Å². The smallest absolute Gasteiger partial charge is 0.319 e. The van der Waals surface area contributed by atoms with Crippen LogP contribution in [-0.4, -0.2) is 31.9 Å². The number of methoxy groups -OCH3 is 1. The molecule has 0 spiro atoms. The molecule has 0 aliphatic carbocycles. The number of ether oxygens (including phenoxy) is 2. The molecule has 0 saturated carbocycles. The van der Waals surface area contributed by atoms with Crippen molar-refractivity contribution in [2.24, 2.45) is 0 Å². The quantitative estimate of drug-likeness (QED) is 0.877. The van der Waals surface area contributed by atoms with Gasteiger partial charge >= 0.3 is 6.03 Å². The molecular formula is C14H20N2O3. The van der Waals surface area contributed by atoms with Crippen molar-refractivity contribution in [3.8, 4) is 5.75 Å². The van der Waals surface area contributed by atoms with Crippen LogP contribution in [-0.2, 0) is 4.74 Å². The molecule has 1 aliphatic heterocycles. The van der Waals surface area contributed by atoms with Crippen molar-refractivity contribution in [1.29, 1.82) is 0 Å². The maximum Gasteiger partial charge on any atom is 0.319 e. The van der Waals surface area contributed by atoms with Gasteiger partial charge in [-0.1, -0.05) is 12.1 Å². The summed E-state index contributed by atoms with van der Waals surface area (Å²) < 4.78 is 10.7. The Morgan fingerprint density at radius 2 is 2.26 bits per heavy atom. The molecule has 1 fully saturated rings. The number of hydrogen-bond acceptors (Lipinski definition) is 3. The largest absolute Gasteiger partial charge is 0.495 e. The van der Waals surface area contributed by atoms with Crippen LogP contribution in [0.1, 0.15) is 19.8 Å². The van der Waals surface area contributed by atoms with E-state index in [0.29, 0.717) is 11.4 Å². The molecule has 0 radical (unpaired) electrons. The van der Waals surface area contributed by atoms with Crippen LogP contribution in [0.4, 0.5) is 10.5 Å². The topological polar surface area (TPSA) is 59.6 Å². The lowest BCUT2D eigenvalue weighted by Crippen LogP contribution is -2.43. The van der Waals surface area contributed by atoms with Crippen LogP contribution in [0.3, 0.4) is 0 Å². The maximum atomic E-state index is 11.9. The zero-order valence-corrected chi connectivity index (χ0v) is 11.3. The van der Waals surface area contributed by atoms with Crippen LogP contribution in [0.5, 0.6) is 5.75 Å². The van der Waals surface area contributed by atoms with Gasteiger partial charge in [0.25, 0.3) is 0 Å². The van der Waals surface area contributed by atoms with Gasteiger partial charge in [-0.3, -0.25) is 0 Å². The summed E-state index contributed by atoms with van der Waals surface area (Å²) in [6, 6.07) is 7.07. The number of carbonyl (C=O) groups is 1. The van der Waals surface area contributed by atoms with Gasteiger partial charge in [0, 0.05) is 6.61 Å². The van der Waals surface area contributed by atoms with E-state index in [4.69, 9.17) is 9.47 Å². The predicted molar refractivity (Wildman–Crippen MR) is 73.6 cm³/mol. The van der Waals surface area contributed by atoms with Gasteiger partial charge in [0.2, 0.25) is 0 Å². The molecule has 1 heterocycles. The SMILES string of the molecule is COc1ccccc1NC(=O)N[C@@H](C)[C@@H]1CCCO1. The number of para-hydroxylation sites is 2. The third-order valence-electron chi connectivity index (χ3n) is 3.24. The van der Waals surface area contributed by atoms with Crippen molar-refractivity contribution in [3.05, 3.63) is 24.3 Å². The van der Waals surface area contributed by atoms with E-state index in [0.717, 1.165) is 19.4 Å². The summed E-state index contributed by atoms with van der Waals surface area (Å²) in [7, 11) is 1.58. The summed E-state index contributed by atoms with van der Waals surface area (Å²) in [6.45, 7) is 2.74. The minimum Gasteiger partial charge on any atom is -0.495 e. The third kappa shape index (κ3) is 3.61. The number of amides is 2. The van der Waals surface area contributed by atoms with Crippen LogP contribution < -0.4 is 15.4 Å². The summed E-state index contributed by atoms with van der Waals surface area (Å²) >= 11 is 0. The van der Waals surface area contributed by atoms with E-state index >= 15 is 0 Å². The Labute approximate surface area is 113 Å². The summed E-state index contributed by atoms with van der Waals surface area (Å²) in [5.74, 6) is 0.641. The first kappa shape index (κ1) is 13.7. The summed E-state index contributed by atoms with van der Waals surface area (Å²) in [4.78, 5) is 11.9. The van der Waals surface area contributed by atoms with E-state index in [-0.39, 0.29) is 18.2 Å². The summed E-state index contributed by atoms with van der Waals surface area (Å²) in [5, 5.41) is 5.68. The zero-order chi connectivity index (χ0) is 13.7. The van der Waals surface area contributed by atoms with Crippen molar-refractivity contribution >= 4 is 11.7 Å². The molecule has 1 aromatic rings. The molecule has 5 heteroatoms.